The number of benzene rings is 1. The predicted molar refractivity (Wildman–Crippen MR) is 76.8 cm³/mol. The molecule has 0 fully saturated rings. The molecule has 2 nitrogen and oxygen atoms in total. The van der Waals surface area contributed by atoms with Gasteiger partial charge in [-0.05, 0) is 23.5 Å². The number of nitrogens with one attached hydrogen (secondary N) is 1. The van der Waals surface area contributed by atoms with Crippen molar-refractivity contribution < 1.29 is 4.79 Å². The van der Waals surface area contributed by atoms with Crippen LogP contribution in [0.4, 0.5) is 0 Å². The van der Waals surface area contributed by atoms with E-state index in [0.29, 0.717) is 23.3 Å². The van der Waals surface area contributed by atoms with Crippen molar-refractivity contribution in [1.29, 1.82) is 0 Å². The minimum absolute atomic E-state index is 0.0375. The third-order valence-corrected chi connectivity index (χ3v) is 3.44. The molecule has 0 aromatic heterocycles. The van der Waals surface area contributed by atoms with Crippen LogP contribution in [0, 0.1) is 11.8 Å². The van der Waals surface area contributed by atoms with E-state index < -0.39 is 0 Å². The zero-order chi connectivity index (χ0) is 13.7. The van der Waals surface area contributed by atoms with Crippen molar-refractivity contribution in [3.63, 3.8) is 0 Å². The van der Waals surface area contributed by atoms with Gasteiger partial charge < -0.3 is 5.32 Å². The van der Waals surface area contributed by atoms with Gasteiger partial charge in [0.25, 0.3) is 0 Å². The summed E-state index contributed by atoms with van der Waals surface area (Å²) in [5.74, 6) is 0.899. The smallest absolute Gasteiger partial charge is 0.224 e. The maximum atomic E-state index is 12.0. The topological polar surface area (TPSA) is 29.1 Å². The molecule has 0 radical (unpaired) electrons. The third-order valence-electron chi connectivity index (χ3n) is 3.07. The lowest BCUT2D eigenvalue weighted by molar-refractivity contribution is -0.121. The van der Waals surface area contributed by atoms with Gasteiger partial charge in [-0.15, -0.1) is 0 Å². The average molecular weight is 268 g/mol. The summed E-state index contributed by atoms with van der Waals surface area (Å²) in [5, 5.41) is 3.75. The number of amides is 1. The molecule has 0 atom stereocenters. The Morgan fingerprint density at radius 3 is 2.22 bits per heavy atom. The Morgan fingerprint density at radius 2 is 1.72 bits per heavy atom. The first-order chi connectivity index (χ1) is 8.41. The van der Waals surface area contributed by atoms with Crippen molar-refractivity contribution in [3.8, 4) is 0 Å². The second-order valence-electron chi connectivity index (χ2n) is 5.35. The van der Waals surface area contributed by atoms with Gasteiger partial charge in [0.1, 0.15) is 0 Å². The van der Waals surface area contributed by atoms with E-state index in [9.17, 15) is 4.79 Å². The molecule has 0 saturated carbocycles. The Kier molecular flexibility index (Phi) is 5.67. The summed E-state index contributed by atoms with van der Waals surface area (Å²) in [6.45, 7) is 8.50. The van der Waals surface area contributed by atoms with E-state index in [2.05, 4.69) is 33.0 Å². The van der Waals surface area contributed by atoms with Crippen LogP contribution >= 0.6 is 11.6 Å². The third kappa shape index (κ3) is 4.34. The maximum Gasteiger partial charge on any atom is 0.224 e. The number of carbonyl (C=O) groups excluding carboxylic acids is 1. The highest BCUT2D eigenvalue weighted by Gasteiger charge is 2.19. The van der Waals surface area contributed by atoms with Crippen molar-refractivity contribution in [1.82, 2.24) is 5.32 Å². The first kappa shape index (κ1) is 15.0. The van der Waals surface area contributed by atoms with Gasteiger partial charge in [-0.25, -0.2) is 0 Å². The van der Waals surface area contributed by atoms with Gasteiger partial charge in [-0.3, -0.25) is 4.79 Å². The van der Waals surface area contributed by atoms with Crippen molar-refractivity contribution in [3.05, 3.63) is 34.9 Å². The molecule has 1 amide bonds. The minimum atomic E-state index is 0.0375. The molecule has 1 aromatic carbocycles. The minimum Gasteiger partial charge on any atom is -0.353 e. The molecule has 1 N–H and O–H groups in total. The van der Waals surface area contributed by atoms with Crippen LogP contribution in [0.2, 0.25) is 5.02 Å². The van der Waals surface area contributed by atoms with Crippen LogP contribution in [-0.4, -0.2) is 11.9 Å². The van der Waals surface area contributed by atoms with Crippen LogP contribution in [0.1, 0.15) is 33.3 Å². The first-order valence-corrected chi connectivity index (χ1v) is 6.82. The molecular formula is C15H22ClNO. The van der Waals surface area contributed by atoms with E-state index in [1.165, 1.54) is 0 Å². The summed E-state index contributed by atoms with van der Waals surface area (Å²) in [7, 11) is 0. The molecule has 1 rings (SSSR count). The normalized spacial score (nSPS) is 11.3. The van der Waals surface area contributed by atoms with E-state index >= 15 is 0 Å². The van der Waals surface area contributed by atoms with Crippen LogP contribution in [0.25, 0.3) is 0 Å². The Labute approximate surface area is 115 Å². The molecule has 0 aliphatic carbocycles. The van der Waals surface area contributed by atoms with Crippen LogP contribution in [0.3, 0.4) is 0 Å². The highest BCUT2D eigenvalue weighted by atomic mass is 35.5. The number of hydrogen-bond donors (Lipinski definition) is 1. The van der Waals surface area contributed by atoms with Crippen LogP contribution in [0.5, 0.6) is 0 Å². The average Bonchev–Trinajstić information content (AvgIpc) is 2.28. The van der Waals surface area contributed by atoms with Crippen LogP contribution in [-0.2, 0) is 11.2 Å². The van der Waals surface area contributed by atoms with E-state index in [1.807, 2.05) is 24.3 Å². The zero-order valence-corrected chi connectivity index (χ0v) is 12.3. The molecule has 0 heterocycles. The van der Waals surface area contributed by atoms with Gasteiger partial charge >= 0.3 is 0 Å². The molecular weight excluding hydrogens is 246 g/mol. The second kappa shape index (κ2) is 6.79. The van der Waals surface area contributed by atoms with Crippen molar-refractivity contribution >= 4 is 17.5 Å². The summed E-state index contributed by atoms with van der Waals surface area (Å²) < 4.78 is 0. The summed E-state index contributed by atoms with van der Waals surface area (Å²) in [5.41, 5.74) is 0.878. The van der Waals surface area contributed by atoms with Gasteiger partial charge in [0.05, 0.1) is 6.42 Å². The van der Waals surface area contributed by atoms with Crippen molar-refractivity contribution in [2.45, 2.75) is 40.2 Å². The summed E-state index contributed by atoms with van der Waals surface area (Å²) >= 11 is 6.05. The summed E-state index contributed by atoms with van der Waals surface area (Å²) in [4.78, 5) is 12.0. The largest absolute Gasteiger partial charge is 0.353 e. The lowest BCUT2D eigenvalue weighted by atomic mass is 9.93. The van der Waals surface area contributed by atoms with Gasteiger partial charge in [-0.2, -0.15) is 0 Å². The fourth-order valence-corrected chi connectivity index (χ4v) is 2.36. The molecule has 0 aliphatic heterocycles. The van der Waals surface area contributed by atoms with Crippen LogP contribution in [0.15, 0.2) is 24.3 Å². The predicted octanol–water partition coefficient (Wildman–Crippen LogP) is 3.68. The molecule has 0 unspecified atom stereocenters. The second-order valence-corrected chi connectivity index (χ2v) is 5.76. The lowest BCUT2D eigenvalue weighted by Gasteiger charge is -2.26. The SMILES string of the molecule is CC(C)C(NC(=O)Cc1ccccc1Cl)C(C)C. The zero-order valence-electron chi connectivity index (χ0n) is 11.5. The molecule has 1 aromatic rings. The number of rotatable bonds is 5. The fourth-order valence-electron chi connectivity index (χ4n) is 2.15. The van der Waals surface area contributed by atoms with Crippen LogP contribution < -0.4 is 5.32 Å². The standard InChI is InChI=1S/C15H22ClNO/c1-10(2)15(11(3)4)17-14(18)9-12-7-5-6-8-13(12)16/h5-8,10-11,15H,9H2,1-4H3,(H,17,18). The van der Waals surface area contributed by atoms with E-state index in [1.54, 1.807) is 0 Å². The molecule has 0 aliphatic rings. The van der Waals surface area contributed by atoms with Crippen molar-refractivity contribution in [2.24, 2.45) is 11.8 Å². The van der Waals surface area contributed by atoms with E-state index in [4.69, 9.17) is 11.6 Å². The Bertz CT molecular complexity index is 393. The van der Waals surface area contributed by atoms with Gasteiger partial charge in [0.15, 0.2) is 0 Å². The Hall–Kier alpha value is -1.02. The Balaban J connectivity index is 2.64. The highest BCUT2D eigenvalue weighted by Crippen LogP contribution is 2.16. The number of hydrogen-bond acceptors (Lipinski definition) is 1. The molecule has 18 heavy (non-hydrogen) atoms. The monoisotopic (exact) mass is 267 g/mol. The molecule has 0 saturated heterocycles. The van der Waals surface area contributed by atoms with E-state index in [0.717, 1.165) is 5.56 Å². The number of carbonyl (C=O) groups is 1. The van der Waals surface area contributed by atoms with Gasteiger partial charge in [0.2, 0.25) is 5.91 Å². The highest BCUT2D eigenvalue weighted by molar-refractivity contribution is 6.31. The fraction of sp³-hybridized carbons (Fsp3) is 0.533. The van der Waals surface area contributed by atoms with E-state index in [-0.39, 0.29) is 11.9 Å². The maximum absolute atomic E-state index is 12.0. The molecule has 3 heteroatoms. The quantitative estimate of drug-likeness (QED) is 0.866. The van der Waals surface area contributed by atoms with Gasteiger partial charge in [0, 0.05) is 11.1 Å². The Morgan fingerprint density at radius 1 is 1.17 bits per heavy atom. The molecule has 0 spiro atoms. The molecule has 100 valence electrons. The summed E-state index contributed by atoms with van der Waals surface area (Å²) in [6.07, 6.45) is 0.343. The lowest BCUT2D eigenvalue weighted by Crippen LogP contribution is -2.42. The van der Waals surface area contributed by atoms with Gasteiger partial charge in [-0.1, -0.05) is 57.5 Å². The summed E-state index contributed by atoms with van der Waals surface area (Å²) in [6, 6.07) is 7.68. The molecule has 0 bridgehead atoms. The van der Waals surface area contributed by atoms with Crippen molar-refractivity contribution in [2.75, 3.05) is 0 Å². The number of halogens is 1. The first-order valence-electron chi connectivity index (χ1n) is 6.44.